The number of aromatic nitrogens is 2. The summed E-state index contributed by atoms with van der Waals surface area (Å²) in [7, 11) is 0. The van der Waals surface area contributed by atoms with Gasteiger partial charge in [-0.2, -0.15) is 4.98 Å². The Morgan fingerprint density at radius 3 is 2.41 bits per heavy atom. The zero-order valence-corrected chi connectivity index (χ0v) is 14.2. The summed E-state index contributed by atoms with van der Waals surface area (Å²) in [5, 5.41) is 7.18. The number of halogens is 3. The summed E-state index contributed by atoms with van der Waals surface area (Å²) in [6.07, 6.45) is 0.756. The van der Waals surface area contributed by atoms with E-state index in [2.05, 4.69) is 15.5 Å². The van der Waals surface area contributed by atoms with Crippen LogP contribution in [0.15, 0.2) is 40.9 Å². The van der Waals surface area contributed by atoms with Gasteiger partial charge >= 0.3 is 0 Å². The summed E-state index contributed by atoms with van der Waals surface area (Å²) in [5.41, 5.74) is 0.965. The normalized spacial score (nSPS) is 14.2. The zero-order chi connectivity index (χ0) is 18.8. The molecule has 0 amide bonds. The van der Waals surface area contributed by atoms with Crippen LogP contribution in [0.2, 0.25) is 0 Å². The van der Waals surface area contributed by atoms with E-state index >= 15 is 0 Å². The monoisotopic (exact) mass is 375 g/mol. The highest BCUT2D eigenvalue weighted by Gasteiger charge is 2.20. The van der Waals surface area contributed by atoms with Crippen molar-refractivity contribution in [3.63, 3.8) is 0 Å². The Morgan fingerprint density at radius 2 is 1.78 bits per heavy atom. The fourth-order valence-electron chi connectivity index (χ4n) is 2.75. The molecule has 2 aromatic carbocycles. The number of nitrogens with one attached hydrogen (secondary N) is 1. The number of nitrogens with zero attached hydrogens (tertiary/aromatic N) is 2. The van der Waals surface area contributed by atoms with Gasteiger partial charge in [-0.15, -0.1) is 0 Å². The van der Waals surface area contributed by atoms with Gasteiger partial charge in [0.15, 0.2) is 17.5 Å². The molecule has 2 heterocycles. The summed E-state index contributed by atoms with van der Waals surface area (Å²) in [6.45, 7) is 1.84. The summed E-state index contributed by atoms with van der Waals surface area (Å²) in [4.78, 5) is 4.39. The summed E-state index contributed by atoms with van der Waals surface area (Å²) < 4.78 is 50.2. The molecule has 1 aromatic heterocycles. The van der Waals surface area contributed by atoms with Gasteiger partial charge in [-0.3, -0.25) is 0 Å². The highest BCUT2D eigenvalue weighted by atomic mass is 19.2. The maximum absolute atomic E-state index is 13.2. The Hall–Kier alpha value is -2.87. The quantitative estimate of drug-likeness (QED) is 0.669. The van der Waals surface area contributed by atoms with Crippen molar-refractivity contribution < 1.29 is 22.4 Å². The second kappa shape index (κ2) is 7.40. The van der Waals surface area contributed by atoms with E-state index in [0.29, 0.717) is 23.4 Å². The third kappa shape index (κ3) is 3.95. The van der Waals surface area contributed by atoms with E-state index in [1.165, 1.54) is 0 Å². The van der Waals surface area contributed by atoms with Gasteiger partial charge in [0.25, 0.3) is 0 Å². The van der Waals surface area contributed by atoms with Gasteiger partial charge in [-0.1, -0.05) is 5.16 Å². The van der Waals surface area contributed by atoms with Crippen molar-refractivity contribution >= 4 is 0 Å². The first-order valence-corrected chi connectivity index (χ1v) is 8.48. The third-order valence-electron chi connectivity index (χ3n) is 4.36. The molecule has 1 aliphatic heterocycles. The lowest BCUT2D eigenvalue weighted by Crippen LogP contribution is -2.43. The smallest absolute Gasteiger partial charge is 0.227 e. The van der Waals surface area contributed by atoms with Crippen LogP contribution in [0.5, 0.6) is 5.75 Å². The summed E-state index contributed by atoms with van der Waals surface area (Å²) >= 11 is 0. The number of rotatable bonds is 6. The van der Waals surface area contributed by atoms with E-state index < -0.39 is 17.5 Å². The number of hydrogen-bond donors (Lipinski definition) is 1. The average molecular weight is 375 g/mol. The van der Waals surface area contributed by atoms with Crippen molar-refractivity contribution in [3.05, 3.63) is 65.3 Å². The molecule has 0 aliphatic carbocycles. The second-order valence-electron chi connectivity index (χ2n) is 6.43. The lowest BCUT2D eigenvalue weighted by Gasteiger charge is -2.25. The Balaban J connectivity index is 1.38. The van der Waals surface area contributed by atoms with Crippen molar-refractivity contribution in [1.29, 1.82) is 0 Å². The SMILES string of the molecule is Fc1cc(COc2ccc(-c3noc(CC4CNC4)n3)cc2)cc(F)c1F. The Bertz CT molecular complexity index is 917. The molecule has 1 fully saturated rings. The molecule has 0 unspecified atom stereocenters. The van der Waals surface area contributed by atoms with Crippen molar-refractivity contribution in [1.82, 2.24) is 15.5 Å². The first kappa shape index (κ1) is 17.5. The molecule has 0 atom stereocenters. The fourth-order valence-corrected chi connectivity index (χ4v) is 2.75. The van der Waals surface area contributed by atoms with Crippen molar-refractivity contribution in [2.45, 2.75) is 13.0 Å². The van der Waals surface area contributed by atoms with Crippen molar-refractivity contribution in [2.75, 3.05) is 13.1 Å². The Labute approximate surface area is 153 Å². The van der Waals surface area contributed by atoms with Crippen LogP contribution in [0.3, 0.4) is 0 Å². The zero-order valence-electron chi connectivity index (χ0n) is 14.2. The lowest BCUT2D eigenvalue weighted by atomic mass is 10.00. The van der Waals surface area contributed by atoms with Crippen LogP contribution in [0.25, 0.3) is 11.4 Å². The highest BCUT2D eigenvalue weighted by molar-refractivity contribution is 5.55. The molecule has 8 heteroatoms. The van der Waals surface area contributed by atoms with Gasteiger partial charge in [0.1, 0.15) is 12.4 Å². The van der Waals surface area contributed by atoms with Gasteiger partial charge in [-0.05, 0) is 61.0 Å². The minimum atomic E-state index is -1.49. The molecule has 0 bridgehead atoms. The molecule has 5 nitrogen and oxygen atoms in total. The Morgan fingerprint density at radius 1 is 1.07 bits per heavy atom. The average Bonchev–Trinajstić information content (AvgIpc) is 3.10. The molecular weight excluding hydrogens is 359 g/mol. The first-order valence-electron chi connectivity index (χ1n) is 8.48. The molecule has 1 aliphatic rings. The molecule has 0 spiro atoms. The number of ether oxygens (including phenoxy) is 1. The number of benzene rings is 2. The van der Waals surface area contributed by atoms with Gasteiger partial charge < -0.3 is 14.6 Å². The molecule has 3 aromatic rings. The van der Waals surface area contributed by atoms with Crippen molar-refractivity contribution in [3.8, 4) is 17.1 Å². The van der Waals surface area contributed by atoms with E-state index in [1.807, 2.05) is 0 Å². The Kier molecular flexibility index (Phi) is 4.81. The summed E-state index contributed by atoms with van der Waals surface area (Å²) in [5.74, 6) is -1.84. The topological polar surface area (TPSA) is 60.2 Å². The van der Waals surface area contributed by atoms with E-state index in [-0.39, 0.29) is 12.2 Å². The van der Waals surface area contributed by atoms with Crippen LogP contribution >= 0.6 is 0 Å². The van der Waals surface area contributed by atoms with Gasteiger partial charge in [0, 0.05) is 12.0 Å². The molecule has 140 valence electrons. The molecule has 0 radical (unpaired) electrons. The predicted molar refractivity (Wildman–Crippen MR) is 90.4 cm³/mol. The predicted octanol–water partition coefficient (Wildman–Crippen LogP) is 3.49. The minimum Gasteiger partial charge on any atom is -0.489 e. The van der Waals surface area contributed by atoms with Gasteiger partial charge in [0.2, 0.25) is 11.7 Å². The maximum Gasteiger partial charge on any atom is 0.227 e. The molecule has 1 N–H and O–H groups in total. The van der Waals surface area contributed by atoms with Gasteiger partial charge in [0.05, 0.1) is 0 Å². The van der Waals surface area contributed by atoms with Crippen LogP contribution in [0, 0.1) is 23.4 Å². The molecule has 0 saturated carbocycles. The van der Waals surface area contributed by atoms with Gasteiger partial charge in [-0.25, -0.2) is 13.2 Å². The molecular formula is C19H16F3N3O2. The van der Waals surface area contributed by atoms with Crippen molar-refractivity contribution in [2.24, 2.45) is 5.92 Å². The standard InChI is InChI=1S/C19H16F3N3O2/c20-15-5-11(6-16(21)18(15)22)10-26-14-3-1-13(2-4-14)19-24-17(27-25-19)7-12-8-23-9-12/h1-6,12,23H,7-10H2. The summed E-state index contributed by atoms with van der Waals surface area (Å²) in [6, 6.07) is 8.73. The lowest BCUT2D eigenvalue weighted by molar-refractivity contribution is 0.296. The second-order valence-corrected chi connectivity index (χ2v) is 6.43. The van der Waals surface area contributed by atoms with E-state index in [1.54, 1.807) is 24.3 Å². The van der Waals surface area contributed by atoms with E-state index in [9.17, 15) is 13.2 Å². The fraction of sp³-hybridized carbons (Fsp3) is 0.263. The maximum atomic E-state index is 13.2. The van der Waals surface area contributed by atoms with Crippen LogP contribution in [0.1, 0.15) is 11.5 Å². The minimum absolute atomic E-state index is 0.0880. The van der Waals surface area contributed by atoms with Crippen LogP contribution in [0.4, 0.5) is 13.2 Å². The van der Waals surface area contributed by atoms with Crippen LogP contribution in [-0.2, 0) is 13.0 Å². The van der Waals surface area contributed by atoms with Crippen LogP contribution in [-0.4, -0.2) is 23.2 Å². The molecule has 27 heavy (non-hydrogen) atoms. The van der Waals surface area contributed by atoms with E-state index in [0.717, 1.165) is 37.2 Å². The van der Waals surface area contributed by atoms with E-state index in [4.69, 9.17) is 9.26 Å². The first-order chi connectivity index (χ1) is 13.1. The highest BCUT2D eigenvalue weighted by Crippen LogP contribution is 2.22. The van der Waals surface area contributed by atoms with Crippen LogP contribution < -0.4 is 10.1 Å². The molecule has 4 rings (SSSR count). The molecule has 1 saturated heterocycles. The number of hydrogen-bond acceptors (Lipinski definition) is 5. The largest absolute Gasteiger partial charge is 0.489 e. The third-order valence-corrected chi connectivity index (χ3v) is 4.36.